The summed E-state index contributed by atoms with van der Waals surface area (Å²) in [5.41, 5.74) is 0. The van der Waals surface area contributed by atoms with Crippen molar-refractivity contribution < 1.29 is 5.11 Å². The lowest BCUT2D eigenvalue weighted by Gasteiger charge is -2.11. The summed E-state index contributed by atoms with van der Waals surface area (Å²) in [4.78, 5) is 6.06. The van der Waals surface area contributed by atoms with E-state index in [4.69, 9.17) is 5.11 Å². The van der Waals surface area contributed by atoms with Crippen molar-refractivity contribution in [2.45, 2.75) is 13.0 Å². The van der Waals surface area contributed by atoms with Crippen LogP contribution in [0.5, 0.6) is 0 Å². The van der Waals surface area contributed by atoms with E-state index in [1.165, 1.54) is 0 Å². The number of aliphatic hydroxyl groups is 1. The molecule has 0 saturated carbocycles. The maximum Gasteiger partial charge on any atom is 0.224 e. The first-order valence-electron chi connectivity index (χ1n) is 4.03. The summed E-state index contributed by atoms with van der Waals surface area (Å²) in [6.45, 7) is 0.854. The second kappa shape index (κ2) is 4.57. The second-order valence-electron chi connectivity index (χ2n) is 2.88. The summed E-state index contributed by atoms with van der Waals surface area (Å²) in [6.07, 6.45) is 0.691. The maximum atomic E-state index is 8.68. The molecule has 0 aliphatic rings. The number of anilines is 1. The maximum absolute atomic E-state index is 8.68. The van der Waals surface area contributed by atoms with Gasteiger partial charge in [0.05, 0.1) is 0 Å². The largest absolute Gasteiger partial charge is 0.396 e. The molecule has 1 aromatic heterocycles. The van der Waals surface area contributed by atoms with Gasteiger partial charge in [0.25, 0.3) is 0 Å². The fourth-order valence-electron chi connectivity index (χ4n) is 1.01. The van der Waals surface area contributed by atoms with Crippen LogP contribution >= 0.6 is 15.9 Å². The van der Waals surface area contributed by atoms with Gasteiger partial charge in [-0.2, -0.15) is 4.98 Å². The van der Waals surface area contributed by atoms with Crippen LogP contribution in [0, 0.1) is 0 Å². The molecule has 0 aromatic carbocycles. The minimum atomic E-state index is 0.171. The van der Waals surface area contributed by atoms with Gasteiger partial charge in [-0.15, -0.1) is 5.10 Å². The summed E-state index contributed by atoms with van der Waals surface area (Å²) < 4.78 is 2.34. The summed E-state index contributed by atoms with van der Waals surface area (Å²) in [5.74, 6) is 0.792. The van der Waals surface area contributed by atoms with Crippen molar-refractivity contribution in [1.82, 2.24) is 14.8 Å². The fourth-order valence-corrected chi connectivity index (χ4v) is 1.36. The Kier molecular flexibility index (Phi) is 3.68. The van der Waals surface area contributed by atoms with Crippen LogP contribution in [0.2, 0.25) is 0 Å². The minimum absolute atomic E-state index is 0.171. The van der Waals surface area contributed by atoms with Crippen molar-refractivity contribution in [1.29, 1.82) is 0 Å². The molecular formula is C7H13BrN4O. The Balaban J connectivity index is 2.78. The predicted octanol–water partition coefficient (Wildman–Crippen LogP) is 0.489. The Bertz CT molecular complexity index is 273. The van der Waals surface area contributed by atoms with Gasteiger partial charge in [-0.1, -0.05) is 0 Å². The molecule has 0 saturated heterocycles. The lowest BCUT2D eigenvalue weighted by molar-refractivity contribution is 0.277. The van der Waals surface area contributed by atoms with Gasteiger partial charge in [0, 0.05) is 27.2 Å². The first-order chi connectivity index (χ1) is 6.15. The highest BCUT2D eigenvalue weighted by molar-refractivity contribution is 9.10. The van der Waals surface area contributed by atoms with Gasteiger partial charge in [0.1, 0.15) is 0 Å². The number of halogens is 1. The molecule has 1 aromatic rings. The Morgan fingerprint density at radius 3 is 2.77 bits per heavy atom. The monoisotopic (exact) mass is 248 g/mol. The third-order valence-corrected chi connectivity index (χ3v) is 1.89. The molecule has 0 bridgehead atoms. The van der Waals surface area contributed by atoms with E-state index in [1.54, 1.807) is 4.68 Å². The van der Waals surface area contributed by atoms with Crippen LogP contribution in [0.15, 0.2) is 4.73 Å². The number of hydrogen-bond donors (Lipinski definition) is 1. The molecule has 6 heteroatoms. The number of hydrogen-bond acceptors (Lipinski definition) is 4. The minimum Gasteiger partial charge on any atom is -0.396 e. The van der Waals surface area contributed by atoms with Crippen LogP contribution in [-0.4, -0.2) is 40.6 Å². The van der Waals surface area contributed by atoms with Crippen molar-refractivity contribution in [3.8, 4) is 0 Å². The van der Waals surface area contributed by atoms with Crippen LogP contribution in [0.1, 0.15) is 6.42 Å². The van der Waals surface area contributed by atoms with Gasteiger partial charge in [-0.25, -0.2) is 4.68 Å². The average molecular weight is 249 g/mol. The molecular weight excluding hydrogens is 236 g/mol. The van der Waals surface area contributed by atoms with E-state index < -0.39 is 0 Å². The van der Waals surface area contributed by atoms with Crippen LogP contribution in [0.4, 0.5) is 5.95 Å². The van der Waals surface area contributed by atoms with Crippen LogP contribution in [0.3, 0.4) is 0 Å². The number of aliphatic hydroxyl groups excluding tert-OH is 1. The van der Waals surface area contributed by atoms with Gasteiger partial charge in [0.15, 0.2) is 0 Å². The van der Waals surface area contributed by atoms with Crippen molar-refractivity contribution in [3.63, 3.8) is 0 Å². The Morgan fingerprint density at radius 1 is 1.54 bits per heavy atom. The van der Waals surface area contributed by atoms with E-state index in [1.807, 2.05) is 19.0 Å². The van der Waals surface area contributed by atoms with E-state index in [2.05, 4.69) is 26.0 Å². The molecule has 13 heavy (non-hydrogen) atoms. The summed E-state index contributed by atoms with van der Waals surface area (Å²) >= 11 is 3.21. The molecule has 1 heterocycles. The van der Waals surface area contributed by atoms with Crippen molar-refractivity contribution in [2.75, 3.05) is 25.6 Å². The lowest BCUT2D eigenvalue weighted by atomic mass is 10.4. The molecule has 5 nitrogen and oxygen atoms in total. The Morgan fingerprint density at radius 2 is 2.23 bits per heavy atom. The Hall–Kier alpha value is -0.620. The van der Waals surface area contributed by atoms with Crippen molar-refractivity contribution >= 4 is 21.9 Å². The van der Waals surface area contributed by atoms with E-state index >= 15 is 0 Å². The Labute approximate surface area is 85.5 Å². The summed E-state index contributed by atoms with van der Waals surface area (Å²) in [5, 5.41) is 12.8. The predicted molar refractivity (Wildman–Crippen MR) is 53.8 cm³/mol. The molecule has 0 radical (unpaired) electrons. The van der Waals surface area contributed by atoms with Gasteiger partial charge < -0.3 is 10.0 Å². The highest BCUT2D eigenvalue weighted by Gasteiger charge is 2.08. The number of aromatic nitrogens is 3. The van der Waals surface area contributed by atoms with Crippen LogP contribution < -0.4 is 4.90 Å². The smallest absolute Gasteiger partial charge is 0.224 e. The van der Waals surface area contributed by atoms with Crippen LogP contribution in [0.25, 0.3) is 0 Å². The summed E-state index contributed by atoms with van der Waals surface area (Å²) in [7, 11) is 3.82. The fraction of sp³-hybridized carbons (Fsp3) is 0.714. The first-order valence-corrected chi connectivity index (χ1v) is 4.83. The standard InChI is InChI=1S/C7H13BrN4O/c1-11(2)7-9-6(8)10-12(7)4-3-5-13/h13H,3-5H2,1-2H3. The zero-order valence-electron chi connectivity index (χ0n) is 7.74. The summed E-state index contributed by atoms with van der Waals surface area (Å²) in [6, 6.07) is 0. The number of rotatable bonds is 4. The highest BCUT2D eigenvalue weighted by atomic mass is 79.9. The van der Waals surface area contributed by atoms with Crippen molar-refractivity contribution in [2.24, 2.45) is 0 Å². The zero-order valence-corrected chi connectivity index (χ0v) is 9.32. The highest BCUT2D eigenvalue weighted by Crippen LogP contribution is 2.12. The molecule has 0 amide bonds. The molecule has 0 fully saturated rings. The van der Waals surface area contributed by atoms with Crippen LogP contribution in [-0.2, 0) is 6.54 Å². The molecule has 0 spiro atoms. The zero-order chi connectivity index (χ0) is 9.84. The third-order valence-electron chi connectivity index (χ3n) is 1.55. The number of nitrogens with zero attached hydrogens (tertiary/aromatic N) is 4. The quantitative estimate of drug-likeness (QED) is 0.843. The third kappa shape index (κ3) is 2.67. The molecule has 1 N–H and O–H groups in total. The molecule has 0 atom stereocenters. The number of aryl methyl sites for hydroxylation is 1. The molecule has 0 aliphatic heterocycles. The van der Waals surface area contributed by atoms with Gasteiger partial charge >= 0.3 is 0 Å². The van der Waals surface area contributed by atoms with Gasteiger partial charge in [-0.05, 0) is 22.4 Å². The molecule has 74 valence electrons. The second-order valence-corrected chi connectivity index (χ2v) is 3.58. The van der Waals surface area contributed by atoms with E-state index in [0.717, 1.165) is 5.95 Å². The first kappa shape index (κ1) is 10.5. The van der Waals surface area contributed by atoms with E-state index in [-0.39, 0.29) is 6.61 Å². The SMILES string of the molecule is CN(C)c1nc(Br)nn1CCCO. The lowest BCUT2D eigenvalue weighted by Crippen LogP contribution is -2.16. The van der Waals surface area contributed by atoms with E-state index in [0.29, 0.717) is 17.7 Å². The topological polar surface area (TPSA) is 54.2 Å². The molecule has 0 unspecified atom stereocenters. The van der Waals surface area contributed by atoms with E-state index in [9.17, 15) is 0 Å². The average Bonchev–Trinajstić information content (AvgIpc) is 2.43. The van der Waals surface area contributed by atoms with Gasteiger partial charge in [-0.3, -0.25) is 0 Å². The normalized spacial score (nSPS) is 10.5. The van der Waals surface area contributed by atoms with Gasteiger partial charge in [0.2, 0.25) is 10.7 Å². The molecule has 1 rings (SSSR count). The molecule has 0 aliphatic carbocycles. The van der Waals surface area contributed by atoms with Crippen molar-refractivity contribution in [3.05, 3.63) is 4.73 Å².